The molecular weight excluding hydrogens is 516 g/mol. The van der Waals surface area contributed by atoms with Crippen molar-refractivity contribution in [2.45, 2.75) is 49.8 Å². The van der Waals surface area contributed by atoms with Gasteiger partial charge in [0, 0.05) is 18.8 Å². The Kier molecular flexibility index (Phi) is 5.62. The summed E-state index contributed by atoms with van der Waals surface area (Å²) in [5.41, 5.74) is 3.95. The first-order chi connectivity index (χ1) is 19.0. The maximum absolute atomic E-state index is 11.7. The molecule has 4 aromatic rings. The van der Waals surface area contributed by atoms with Crippen molar-refractivity contribution in [2.75, 3.05) is 25.1 Å². The Balaban J connectivity index is 1.21. The highest BCUT2D eigenvalue weighted by Gasteiger charge is 2.52. The van der Waals surface area contributed by atoms with Crippen molar-refractivity contribution in [3.8, 4) is 28.0 Å². The maximum atomic E-state index is 11.7. The van der Waals surface area contributed by atoms with Crippen LogP contribution < -0.4 is 10.6 Å². The van der Waals surface area contributed by atoms with E-state index in [4.69, 9.17) is 14.5 Å². The van der Waals surface area contributed by atoms with Crippen molar-refractivity contribution in [3.63, 3.8) is 0 Å². The summed E-state index contributed by atoms with van der Waals surface area (Å²) in [5, 5.41) is 31.1. The molecule has 39 heavy (non-hydrogen) atoms. The fraction of sp³-hybridized carbons (Fsp3) is 0.407. The number of carbonyl (C=O) groups excluding carboxylic acids is 1. The third-order valence-corrected chi connectivity index (χ3v) is 9.06. The second kappa shape index (κ2) is 9.08. The summed E-state index contributed by atoms with van der Waals surface area (Å²) < 4.78 is 13.5. The molecule has 11 nitrogen and oxygen atoms in total. The monoisotopic (exact) mass is 542 g/mol. The molecule has 4 aliphatic rings. The van der Waals surface area contributed by atoms with Gasteiger partial charge in [0.05, 0.1) is 65.6 Å². The zero-order valence-electron chi connectivity index (χ0n) is 21.3. The van der Waals surface area contributed by atoms with Crippen LogP contribution in [0.3, 0.4) is 0 Å². The number of nitrogens with zero attached hydrogens (tertiary/aromatic N) is 6. The number of nitriles is 1. The summed E-state index contributed by atoms with van der Waals surface area (Å²) in [7, 11) is 0. The van der Waals surface area contributed by atoms with Crippen LogP contribution in [0.1, 0.15) is 43.2 Å². The predicted molar refractivity (Wildman–Crippen MR) is 143 cm³/mol. The molecule has 7 heterocycles. The summed E-state index contributed by atoms with van der Waals surface area (Å²) in [6, 6.07) is 10.0. The molecular formula is C27H26N8O3S. The van der Waals surface area contributed by atoms with E-state index in [0.29, 0.717) is 25.4 Å². The quantitative estimate of drug-likeness (QED) is 0.376. The molecule has 0 unspecified atom stereocenters. The van der Waals surface area contributed by atoms with E-state index in [1.807, 2.05) is 24.4 Å². The van der Waals surface area contributed by atoms with Crippen molar-refractivity contribution in [1.29, 1.82) is 5.26 Å². The number of nitrogens with one attached hydrogen (secondary N) is 2. The van der Waals surface area contributed by atoms with E-state index in [2.05, 4.69) is 32.0 Å². The third kappa shape index (κ3) is 4.14. The molecule has 3 aliphatic heterocycles. The van der Waals surface area contributed by atoms with E-state index in [9.17, 15) is 10.1 Å². The molecule has 4 fully saturated rings. The largest absolute Gasteiger partial charge is 0.377 e. The highest BCUT2D eigenvalue weighted by molar-refractivity contribution is 7.14. The van der Waals surface area contributed by atoms with Gasteiger partial charge in [-0.05, 0) is 49.9 Å². The van der Waals surface area contributed by atoms with Crippen LogP contribution in [0.15, 0.2) is 36.7 Å². The Morgan fingerprint density at radius 1 is 1.18 bits per heavy atom. The Morgan fingerprint density at radius 3 is 2.72 bits per heavy atom. The van der Waals surface area contributed by atoms with Gasteiger partial charge in [-0.25, -0.2) is 4.52 Å². The summed E-state index contributed by atoms with van der Waals surface area (Å²) >= 11 is 1.54. The van der Waals surface area contributed by atoms with Crippen LogP contribution in [-0.2, 0) is 19.9 Å². The van der Waals surface area contributed by atoms with Crippen molar-refractivity contribution in [1.82, 2.24) is 30.1 Å². The minimum absolute atomic E-state index is 0.0186. The molecule has 12 heteroatoms. The Hall–Kier alpha value is -3.92. The molecule has 2 N–H and O–H groups in total. The molecule has 1 amide bonds. The molecule has 2 bridgehead atoms. The van der Waals surface area contributed by atoms with Gasteiger partial charge >= 0.3 is 0 Å². The maximum Gasteiger partial charge on any atom is 0.217 e. The second-order valence-electron chi connectivity index (χ2n) is 10.6. The molecule has 8 rings (SSSR count). The number of pyridine rings is 1. The standard InChI is InChI=1S/C27H26N8O3S/c1-16(36)32-26-4-6-27(7-5-26,38-15-26)25-34-33-24(39-25)20-12-29-22(9-21(20)31-18-13-37-14-18)23-3-2-19-8-17(10-28)11-30-35(19)23/h2-3,8-9,11-12,18H,4-7,13-15H2,1H3,(H,29,31)(H,32,36). The van der Waals surface area contributed by atoms with Crippen molar-refractivity contribution >= 4 is 28.4 Å². The highest BCUT2D eigenvalue weighted by atomic mass is 32.1. The molecule has 3 saturated heterocycles. The first-order valence-corrected chi connectivity index (χ1v) is 13.8. The summed E-state index contributed by atoms with van der Waals surface area (Å²) in [4.78, 5) is 16.5. The zero-order chi connectivity index (χ0) is 26.6. The van der Waals surface area contributed by atoms with Crippen LogP contribution in [0.4, 0.5) is 5.69 Å². The van der Waals surface area contributed by atoms with Crippen molar-refractivity contribution in [2.24, 2.45) is 0 Å². The van der Waals surface area contributed by atoms with Crippen LogP contribution in [0.5, 0.6) is 0 Å². The molecule has 0 atom stereocenters. The Bertz CT molecular complexity index is 1610. The fourth-order valence-electron chi connectivity index (χ4n) is 5.70. The lowest BCUT2D eigenvalue weighted by Gasteiger charge is -2.52. The van der Waals surface area contributed by atoms with E-state index in [1.54, 1.807) is 23.7 Å². The van der Waals surface area contributed by atoms with Gasteiger partial charge in [0.25, 0.3) is 0 Å². The van der Waals surface area contributed by atoms with E-state index in [0.717, 1.165) is 63.9 Å². The highest BCUT2D eigenvalue weighted by Crippen LogP contribution is 2.51. The molecule has 4 aromatic heterocycles. The smallest absolute Gasteiger partial charge is 0.217 e. The lowest BCUT2D eigenvalue weighted by atomic mass is 9.71. The van der Waals surface area contributed by atoms with Crippen LogP contribution in [0.2, 0.25) is 0 Å². The normalized spacial score (nSPS) is 24.3. The summed E-state index contributed by atoms with van der Waals surface area (Å²) in [6.07, 6.45) is 6.70. The lowest BCUT2D eigenvalue weighted by molar-refractivity contribution is -0.171. The third-order valence-electron chi connectivity index (χ3n) is 7.92. The number of hydrogen-bond acceptors (Lipinski definition) is 10. The Morgan fingerprint density at radius 2 is 2.03 bits per heavy atom. The Labute approximate surface area is 228 Å². The molecule has 1 saturated carbocycles. The van der Waals surface area contributed by atoms with Gasteiger partial charge in [0.2, 0.25) is 5.91 Å². The number of amides is 1. The van der Waals surface area contributed by atoms with Crippen molar-refractivity contribution < 1.29 is 14.3 Å². The van der Waals surface area contributed by atoms with E-state index in [1.165, 1.54) is 11.3 Å². The lowest BCUT2D eigenvalue weighted by Crippen LogP contribution is -2.61. The van der Waals surface area contributed by atoms with Gasteiger partial charge in [-0.15, -0.1) is 10.2 Å². The average molecular weight is 543 g/mol. The minimum Gasteiger partial charge on any atom is -0.377 e. The first kappa shape index (κ1) is 24.1. The zero-order valence-corrected chi connectivity index (χ0v) is 22.1. The summed E-state index contributed by atoms with van der Waals surface area (Å²) in [6.45, 7) is 3.32. The molecule has 198 valence electrons. The number of carbonyl (C=O) groups is 1. The number of fused-ring (bicyclic) bond motifs is 4. The van der Waals surface area contributed by atoms with Crippen LogP contribution in [0.25, 0.3) is 27.5 Å². The molecule has 0 aromatic carbocycles. The molecule has 1 aliphatic carbocycles. The van der Waals surface area contributed by atoms with Crippen molar-refractivity contribution in [3.05, 3.63) is 47.2 Å². The predicted octanol–water partition coefficient (Wildman–Crippen LogP) is 3.27. The topological polar surface area (TPSA) is 139 Å². The van der Waals surface area contributed by atoms with Gasteiger partial charge in [0.1, 0.15) is 16.7 Å². The number of rotatable bonds is 6. The fourth-order valence-corrected chi connectivity index (χ4v) is 6.77. The number of anilines is 1. The average Bonchev–Trinajstić information content (AvgIpc) is 3.59. The summed E-state index contributed by atoms with van der Waals surface area (Å²) in [5.74, 6) is -0.0186. The number of aromatic nitrogens is 5. The minimum atomic E-state index is -0.461. The van der Waals surface area contributed by atoms with Crippen LogP contribution >= 0.6 is 11.3 Å². The molecule has 0 spiro atoms. The molecule has 0 radical (unpaired) electrons. The van der Waals surface area contributed by atoms with Crippen LogP contribution in [0, 0.1) is 11.3 Å². The van der Waals surface area contributed by atoms with E-state index < -0.39 is 5.60 Å². The first-order valence-electron chi connectivity index (χ1n) is 13.0. The van der Waals surface area contributed by atoms with Crippen LogP contribution in [-0.4, -0.2) is 62.1 Å². The van der Waals surface area contributed by atoms with Gasteiger partial charge in [0.15, 0.2) is 5.01 Å². The van der Waals surface area contributed by atoms with Gasteiger partial charge in [-0.3, -0.25) is 9.78 Å². The van der Waals surface area contributed by atoms with Gasteiger partial charge in [-0.1, -0.05) is 11.3 Å². The number of ether oxygens (including phenoxy) is 2. The van der Waals surface area contributed by atoms with E-state index >= 15 is 0 Å². The SMILES string of the molecule is CC(=O)NC12CCC(c3nnc(-c4cnc(-c5ccc6cc(C#N)cnn56)cc4NC4COC4)s3)(CC1)OC2. The van der Waals surface area contributed by atoms with E-state index in [-0.39, 0.29) is 17.5 Å². The van der Waals surface area contributed by atoms with Gasteiger partial charge in [-0.2, -0.15) is 10.4 Å². The van der Waals surface area contributed by atoms with Gasteiger partial charge < -0.3 is 20.1 Å². The second-order valence-corrected chi connectivity index (χ2v) is 11.5. The number of hydrogen-bond donors (Lipinski definition) is 2.